The predicted molar refractivity (Wildman–Crippen MR) is 48.6 cm³/mol. The highest BCUT2D eigenvalue weighted by Gasteiger charge is 2.09. The Balaban J connectivity index is 3.41. The minimum atomic E-state index is -0.859. The zero-order chi connectivity index (χ0) is 11.0. The van der Waals surface area contributed by atoms with E-state index in [9.17, 15) is 14.4 Å². The Morgan fingerprint density at radius 2 is 1.79 bits per heavy atom. The van der Waals surface area contributed by atoms with Crippen LogP contribution in [0.5, 0.6) is 0 Å². The number of hydrogen-bond acceptors (Lipinski definition) is 3. The van der Waals surface area contributed by atoms with Crippen LogP contribution >= 0.6 is 0 Å². The Labute approximate surface area is 81.7 Å². The molecule has 0 bridgehead atoms. The molecule has 0 atom stereocenters. The second kappa shape index (κ2) is 6.88. The first-order valence-electron chi connectivity index (χ1n) is 4.29. The highest BCUT2D eigenvalue weighted by atomic mass is 16.4. The smallest absolute Gasteiger partial charge is 0.309 e. The zero-order valence-corrected chi connectivity index (χ0v) is 8.00. The van der Waals surface area contributed by atoms with E-state index in [1.54, 1.807) is 0 Å². The molecule has 0 aliphatic rings. The summed E-state index contributed by atoms with van der Waals surface area (Å²) in [5.74, 6) is -2.24. The van der Waals surface area contributed by atoms with Crippen molar-refractivity contribution in [1.29, 1.82) is 0 Å². The largest absolute Gasteiger partial charge is 0.481 e. The molecule has 0 aromatic carbocycles. The number of carboxylic acid groups (broad SMARTS) is 1. The van der Waals surface area contributed by atoms with Crippen molar-refractivity contribution in [3.63, 3.8) is 0 Å². The summed E-state index contributed by atoms with van der Waals surface area (Å²) in [5, 5.41) is 12.8. The average molecular weight is 202 g/mol. The molecule has 0 aromatic heterocycles. The molecule has 0 fully saturated rings. The number of likely N-dealkylation sites (N-methyl/N-ethyl adjacent to an activating group) is 1. The Bertz CT molecular complexity index is 227. The van der Waals surface area contributed by atoms with E-state index in [1.807, 2.05) is 0 Å². The number of unbranched alkanes of at least 4 members (excludes halogenated alkanes) is 1. The number of amides is 2. The van der Waals surface area contributed by atoms with E-state index < -0.39 is 17.8 Å². The summed E-state index contributed by atoms with van der Waals surface area (Å²) in [5.41, 5.74) is 0. The molecule has 0 aliphatic heterocycles. The highest BCUT2D eigenvalue weighted by Crippen LogP contribution is 1.92. The third-order valence-corrected chi connectivity index (χ3v) is 1.54. The molecule has 2 amide bonds. The normalized spacial score (nSPS) is 9.21. The molecule has 80 valence electrons. The fourth-order valence-electron chi connectivity index (χ4n) is 0.797. The Morgan fingerprint density at radius 1 is 1.14 bits per heavy atom. The second-order valence-corrected chi connectivity index (χ2v) is 2.69. The fraction of sp³-hybridized carbons (Fsp3) is 0.625. The molecule has 0 saturated heterocycles. The zero-order valence-electron chi connectivity index (χ0n) is 8.00. The lowest BCUT2D eigenvalue weighted by molar-refractivity contribution is -0.138. The number of carbonyl (C=O) groups is 3. The molecule has 0 radical (unpaired) electrons. The number of hydrogen-bond donors (Lipinski definition) is 3. The van der Waals surface area contributed by atoms with Crippen LogP contribution in [0.1, 0.15) is 19.3 Å². The van der Waals surface area contributed by atoms with Gasteiger partial charge in [0.1, 0.15) is 0 Å². The van der Waals surface area contributed by atoms with E-state index in [-0.39, 0.29) is 6.42 Å². The first kappa shape index (κ1) is 12.4. The van der Waals surface area contributed by atoms with Crippen molar-refractivity contribution in [2.45, 2.75) is 19.3 Å². The summed E-state index contributed by atoms with van der Waals surface area (Å²) in [6.45, 7) is 0.319. The van der Waals surface area contributed by atoms with Crippen LogP contribution in [0.25, 0.3) is 0 Å². The van der Waals surface area contributed by atoms with Crippen LogP contribution in [-0.2, 0) is 14.4 Å². The maximum absolute atomic E-state index is 10.8. The number of carbonyl (C=O) groups excluding carboxylic acids is 2. The molecule has 0 unspecified atom stereocenters. The minimum Gasteiger partial charge on any atom is -0.481 e. The van der Waals surface area contributed by atoms with Gasteiger partial charge in [-0.1, -0.05) is 0 Å². The lowest BCUT2D eigenvalue weighted by atomic mass is 10.2. The van der Waals surface area contributed by atoms with Crippen molar-refractivity contribution < 1.29 is 19.5 Å². The molecular weight excluding hydrogens is 188 g/mol. The van der Waals surface area contributed by atoms with E-state index in [0.29, 0.717) is 19.4 Å². The van der Waals surface area contributed by atoms with Crippen molar-refractivity contribution in [2.75, 3.05) is 13.6 Å². The summed E-state index contributed by atoms with van der Waals surface area (Å²) in [4.78, 5) is 31.6. The van der Waals surface area contributed by atoms with Gasteiger partial charge in [-0.2, -0.15) is 0 Å². The quantitative estimate of drug-likeness (QED) is 0.398. The van der Waals surface area contributed by atoms with Crippen LogP contribution < -0.4 is 10.6 Å². The lowest BCUT2D eigenvalue weighted by Crippen LogP contribution is -2.38. The van der Waals surface area contributed by atoms with Gasteiger partial charge in [-0.25, -0.2) is 0 Å². The van der Waals surface area contributed by atoms with E-state index in [2.05, 4.69) is 10.6 Å². The number of aliphatic carboxylic acids is 1. The van der Waals surface area contributed by atoms with Crippen LogP contribution in [0.3, 0.4) is 0 Å². The van der Waals surface area contributed by atoms with Crippen molar-refractivity contribution >= 4 is 17.8 Å². The van der Waals surface area contributed by atoms with E-state index in [0.717, 1.165) is 0 Å². The molecule has 0 rings (SSSR count). The average Bonchev–Trinajstić information content (AvgIpc) is 2.15. The Morgan fingerprint density at radius 3 is 2.29 bits per heavy atom. The van der Waals surface area contributed by atoms with Crippen LogP contribution in [0, 0.1) is 0 Å². The molecule has 14 heavy (non-hydrogen) atoms. The minimum absolute atomic E-state index is 0.0792. The summed E-state index contributed by atoms with van der Waals surface area (Å²) in [7, 11) is 1.37. The fourth-order valence-corrected chi connectivity index (χ4v) is 0.797. The SMILES string of the molecule is CNC(=O)C(=O)NCCCCC(=O)O. The molecule has 0 heterocycles. The van der Waals surface area contributed by atoms with E-state index >= 15 is 0 Å². The van der Waals surface area contributed by atoms with Gasteiger partial charge in [0.05, 0.1) is 0 Å². The molecule has 0 saturated carbocycles. The second-order valence-electron chi connectivity index (χ2n) is 2.69. The lowest BCUT2D eigenvalue weighted by Gasteiger charge is -2.02. The van der Waals surface area contributed by atoms with E-state index in [1.165, 1.54) is 7.05 Å². The van der Waals surface area contributed by atoms with Gasteiger partial charge >= 0.3 is 17.8 Å². The Hall–Kier alpha value is -1.59. The third kappa shape index (κ3) is 5.99. The molecule has 0 aromatic rings. The van der Waals surface area contributed by atoms with Gasteiger partial charge in [-0.05, 0) is 12.8 Å². The van der Waals surface area contributed by atoms with Gasteiger partial charge in [0, 0.05) is 20.0 Å². The predicted octanol–water partition coefficient (Wildman–Crippen LogP) is -0.897. The highest BCUT2D eigenvalue weighted by molar-refractivity contribution is 6.34. The summed E-state index contributed by atoms with van der Waals surface area (Å²) < 4.78 is 0. The molecule has 3 N–H and O–H groups in total. The monoisotopic (exact) mass is 202 g/mol. The third-order valence-electron chi connectivity index (χ3n) is 1.54. The van der Waals surface area contributed by atoms with Gasteiger partial charge in [0.25, 0.3) is 0 Å². The van der Waals surface area contributed by atoms with Crippen molar-refractivity contribution in [3.05, 3.63) is 0 Å². The molecule has 6 nitrogen and oxygen atoms in total. The topological polar surface area (TPSA) is 95.5 Å². The van der Waals surface area contributed by atoms with Gasteiger partial charge in [0.2, 0.25) is 0 Å². The van der Waals surface area contributed by atoms with Gasteiger partial charge in [-0.15, -0.1) is 0 Å². The number of rotatable bonds is 5. The maximum Gasteiger partial charge on any atom is 0.309 e. The van der Waals surface area contributed by atoms with Crippen LogP contribution in [-0.4, -0.2) is 36.5 Å². The van der Waals surface area contributed by atoms with Crippen molar-refractivity contribution in [3.8, 4) is 0 Å². The summed E-state index contributed by atoms with van der Waals surface area (Å²) >= 11 is 0. The molecule has 0 spiro atoms. The van der Waals surface area contributed by atoms with Crippen LogP contribution in [0.15, 0.2) is 0 Å². The van der Waals surface area contributed by atoms with Gasteiger partial charge < -0.3 is 15.7 Å². The maximum atomic E-state index is 10.8. The number of nitrogens with one attached hydrogen (secondary N) is 2. The van der Waals surface area contributed by atoms with Crippen molar-refractivity contribution in [1.82, 2.24) is 10.6 Å². The van der Waals surface area contributed by atoms with Crippen LogP contribution in [0.2, 0.25) is 0 Å². The molecular formula is C8H14N2O4. The van der Waals surface area contributed by atoms with Gasteiger partial charge in [0.15, 0.2) is 0 Å². The van der Waals surface area contributed by atoms with Crippen molar-refractivity contribution in [2.24, 2.45) is 0 Å². The molecule has 6 heteroatoms. The summed E-state index contributed by atoms with van der Waals surface area (Å²) in [6.07, 6.45) is 1.12. The van der Waals surface area contributed by atoms with Crippen LogP contribution in [0.4, 0.5) is 0 Å². The summed E-state index contributed by atoms with van der Waals surface area (Å²) in [6, 6.07) is 0. The first-order valence-corrected chi connectivity index (χ1v) is 4.29. The van der Waals surface area contributed by atoms with Gasteiger partial charge in [-0.3, -0.25) is 14.4 Å². The first-order chi connectivity index (χ1) is 6.57. The Kier molecular flexibility index (Phi) is 6.09. The molecule has 0 aliphatic carbocycles. The standard InChI is InChI=1S/C8H14N2O4/c1-9-7(13)8(14)10-5-3-2-4-6(11)12/h2-5H2,1H3,(H,9,13)(H,10,14)(H,11,12). The van der Waals surface area contributed by atoms with E-state index in [4.69, 9.17) is 5.11 Å². The number of carboxylic acids is 1.